The first-order valence-corrected chi connectivity index (χ1v) is 6.52. The van der Waals surface area contributed by atoms with Gasteiger partial charge in [-0.15, -0.1) is 0 Å². The number of aromatic nitrogens is 1. The molecule has 1 N–H and O–H groups in total. The molecule has 21 heavy (non-hydrogen) atoms. The Kier molecular flexibility index (Phi) is 4.71. The van der Waals surface area contributed by atoms with Gasteiger partial charge < -0.3 is 14.4 Å². The standard InChI is InChI=1S/C15H16N2O4/c1-11(15(19)20)9-17(10-12-4-2-6-16-8-12)14(18)13-5-3-7-21-13/h2-8,11H,9-10H2,1H3,(H,19,20). The predicted molar refractivity (Wildman–Crippen MR) is 74.5 cm³/mol. The average molecular weight is 288 g/mol. The van der Waals surface area contributed by atoms with Crippen LogP contribution in [-0.2, 0) is 11.3 Å². The molecular weight excluding hydrogens is 272 g/mol. The molecule has 0 aliphatic heterocycles. The summed E-state index contributed by atoms with van der Waals surface area (Å²) in [7, 11) is 0. The van der Waals surface area contributed by atoms with Crippen LogP contribution >= 0.6 is 0 Å². The Morgan fingerprint density at radius 3 is 2.76 bits per heavy atom. The minimum atomic E-state index is -0.946. The van der Waals surface area contributed by atoms with Crippen LogP contribution in [0.5, 0.6) is 0 Å². The van der Waals surface area contributed by atoms with Crippen molar-refractivity contribution >= 4 is 11.9 Å². The second-order valence-electron chi connectivity index (χ2n) is 4.76. The van der Waals surface area contributed by atoms with Crippen molar-refractivity contribution in [3.63, 3.8) is 0 Å². The summed E-state index contributed by atoms with van der Waals surface area (Å²) in [5, 5.41) is 9.04. The summed E-state index contributed by atoms with van der Waals surface area (Å²) in [5.74, 6) is -1.76. The minimum Gasteiger partial charge on any atom is -0.481 e. The minimum absolute atomic E-state index is 0.101. The number of carbonyl (C=O) groups is 2. The third-order valence-electron chi connectivity index (χ3n) is 3.03. The monoisotopic (exact) mass is 288 g/mol. The van der Waals surface area contributed by atoms with Gasteiger partial charge in [0, 0.05) is 25.5 Å². The fourth-order valence-corrected chi connectivity index (χ4v) is 1.90. The van der Waals surface area contributed by atoms with E-state index >= 15 is 0 Å². The van der Waals surface area contributed by atoms with Crippen molar-refractivity contribution < 1.29 is 19.1 Å². The van der Waals surface area contributed by atoms with E-state index in [0.29, 0.717) is 0 Å². The first kappa shape index (κ1) is 14.8. The lowest BCUT2D eigenvalue weighted by Gasteiger charge is -2.23. The molecule has 1 unspecified atom stereocenters. The van der Waals surface area contributed by atoms with E-state index in [4.69, 9.17) is 9.52 Å². The van der Waals surface area contributed by atoms with E-state index in [1.165, 1.54) is 11.2 Å². The van der Waals surface area contributed by atoms with Gasteiger partial charge in [0.25, 0.3) is 5.91 Å². The number of carboxylic acid groups (broad SMARTS) is 1. The Labute approximate surface area is 122 Å². The van der Waals surface area contributed by atoms with E-state index in [1.807, 2.05) is 6.07 Å². The van der Waals surface area contributed by atoms with Gasteiger partial charge in [0.05, 0.1) is 12.2 Å². The first-order chi connectivity index (χ1) is 10.1. The number of carboxylic acids is 1. The third-order valence-corrected chi connectivity index (χ3v) is 3.03. The maximum absolute atomic E-state index is 12.4. The van der Waals surface area contributed by atoms with E-state index in [9.17, 15) is 9.59 Å². The molecule has 2 rings (SSSR count). The summed E-state index contributed by atoms with van der Waals surface area (Å²) in [4.78, 5) is 28.9. The van der Waals surface area contributed by atoms with Gasteiger partial charge in [-0.1, -0.05) is 13.0 Å². The van der Waals surface area contributed by atoms with Crippen LogP contribution in [0.1, 0.15) is 23.0 Å². The highest BCUT2D eigenvalue weighted by atomic mass is 16.4. The zero-order valence-electron chi connectivity index (χ0n) is 11.6. The van der Waals surface area contributed by atoms with E-state index in [-0.39, 0.29) is 24.8 Å². The van der Waals surface area contributed by atoms with Gasteiger partial charge in [-0.05, 0) is 23.8 Å². The van der Waals surface area contributed by atoms with Crippen LogP contribution in [0.25, 0.3) is 0 Å². The quantitative estimate of drug-likeness (QED) is 0.879. The van der Waals surface area contributed by atoms with Gasteiger partial charge in [-0.25, -0.2) is 0 Å². The Balaban J connectivity index is 2.17. The molecule has 0 saturated carbocycles. The molecule has 0 radical (unpaired) electrons. The molecule has 2 heterocycles. The van der Waals surface area contributed by atoms with Gasteiger partial charge >= 0.3 is 5.97 Å². The molecule has 1 amide bonds. The second-order valence-corrected chi connectivity index (χ2v) is 4.76. The summed E-state index contributed by atoms with van der Waals surface area (Å²) in [5.41, 5.74) is 0.829. The van der Waals surface area contributed by atoms with Crippen LogP contribution in [0, 0.1) is 5.92 Å². The van der Waals surface area contributed by atoms with E-state index in [1.54, 1.807) is 37.5 Å². The lowest BCUT2D eigenvalue weighted by molar-refractivity contribution is -0.141. The Morgan fingerprint density at radius 1 is 1.38 bits per heavy atom. The number of hydrogen-bond donors (Lipinski definition) is 1. The lowest BCUT2D eigenvalue weighted by atomic mass is 10.1. The van der Waals surface area contributed by atoms with Crippen LogP contribution in [0.2, 0.25) is 0 Å². The fourth-order valence-electron chi connectivity index (χ4n) is 1.90. The molecule has 2 aromatic heterocycles. The number of aliphatic carboxylic acids is 1. The molecule has 110 valence electrons. The van der Waals surface area contributed by atoms with Gasteiger partial charge in [-0.3, -0.25) is 14.6 Å². The van der Waals surface area contributed by atoms with E-state index in [2.05, 4.69) is 4.98 Å². The third kappa shape index (κ3) is 3.92. The van der Waals surface area contributed by atoms with Crippen molar-refractivity contribution in [1.82, 2.24) is 9.88 Å². The second kappa shape index (κ2) is 6.69. The smallest absolute Gasteiger partial charge is 0.308 e. The number of rotatable bonds is 6. The topological polar surface area (TPSA) is 83.6 Å². The van der Waals surface area contributed by atoms with Crippen molar-refractivity contribution in [3.05, 3.63) is 54.2 Å². The first-order valence-electron chi connectivity index (χ1n) is 6.52. The van der Waals surface area contributed by atoms with Crippen LogP contribution < -0.4 is 0 Å². The summed E-state index contributed by atoms with van der Waals surface area (Å²) in [6.45, 7) is 1.95. The highest BCUT2D eigenvalue weighted by Crippen LogP contribution is 2.12. The number of pyridine rings is 1. The summed E-state index contributed by atoms with van der Waals surface area (Å²) < 4.78 is 5.10. The van der Waals surface area contributed by atoms with Crippen LogP contribution in [0.3, 0.4) is 0 Å². The molecule has 0 bridgehead atoms. The van der Waals surface area contributed by atoms with Crippen LogP contribution in [0.15, 0.2) is 47.3 Å². The SMILES string of the molecule is CC(CN(Cc1cccnc1)C(=O)c1ccco1)C(=O)O. The predicted octanol–water partition coefficient (Wildman–Crippen LogP) is 2.04. The van der Waals surface area contributed by atoms with Crippen LogP contribution in [0.4, 0.5) is 0 Å². The number of amides is 1. The molecule has 0 fully saturated rings. The molecule has 0 saturated heterocycles. The van der Waals surface area contributed by atoms with Crippen molar-refractivity contribution in [2.24, 2.45) is 5.92 Å². The number of hydrogen-bond acceptors (Lipinski definition) is 4. The molecule has 6 nitrogen and oxygen atoms in total. The molecule has 6 heteroatoms. The maximum atomic E-state index is 12.4. The largest absolute Gasteiger partial charge is 0.481 e. The zero-order chi connectivity index (χ0) is 15.2. The Bertz CT molecular complexity index is 595. The molecule has 0 spiro atoms. The van der Waals surface area contributed by atoms with Crippen molar-refractivity contribution in [2.45, 2.75) is 13.5 Å². The van der Waals surface area contributed by atoms with Gasteiger partial charge in [0.2, 0.25) is 0 Å². The molecular formula is C15H16N2O4. The Hall–Kier alpha value is -2.63. The molecule has 0 aliphatic carbocycles. The number of nitrogens with zero attached hydrogens (tertiary/aromatic N) is 2. The van der Waals surface area contributed by atoms with Gasteiger partial charge in [-0.2, -0.15) is 0 Å². The zero-order valence-corrected chi connectivity index (χ0v) is 11.6. The van der Waals surface area contributed by atoms with Crippen molar-refractivity contribution in [1.29, 1.82) is 0 Å². The molecule has 0 aliphatic rings. The molecule has 2 aromatic rings. The van der Waals surface area contributed by atoms with Gasteiger partial charge in [0.15, 0.2) is 5.76 Å². The van der Waals surface area contributed by atoms with E-state index < -0.39 is 11.9 Å². The summed E-state index contributed by atoms with van der Waals surface area (Å²) >= 11 is 0. The highest BCUT2D eigenvalue weighted by molar-refractivity contribution is 5.91. The lowest BCUT2D eigenvalue weighted by Crippen LogP contribution is -2.36. The average Bonchev–Trinajstić information content (AvgIpc) is 3.01. The van der Waals surface area contributed by atoms with E-state index in [0.717, 1.165) is 5.56 Å². The molecule has 0 aromatic carbocycles. The fraction of sp³-hybridized carbons (Fsp3) is 0.267. The summed E-state index contributed by atoms with van der Waals surface area (Å²) in [6, 6.07) is 6.78. The number of furan rings is 1. The Morgan fingerprint density at radius 2 is 2.19 bits per heavy atom. The normalized spacial score (nSPS) is 11.9. The maximum Gasteiger partial charge on any atom is 0.308 e. The van der Waals surface area contributed by atoms with Gasteiger partial charge in [0.1, 0.15) is 0 Å². The summed E-state index contributed by atoms with van der Waals surface area (Å²) in [6.07, 6.45) is 4.70. The van der Waals surface area contributed by atoms with Crippen molar-refractivity contribution in [2.75, 3.05) is 6.54 Å². The van der Waals surface area contributed by atoms with Crippen LogP contribution in [-0.4, -0.2) is 33.4 Å². The number of carbonyl (C=O) groups excluding carboxylic acids is 1. The molecule has 1 atom stereocenters. The highest BCUT2D eigenvalue weighted by Gasteiger charge is 2.23. The van der Waals surface area contributed by atoms with Crippen molar-refractivity contribution in [3.8, 4) is 0 Å².